The smallest absolute Gasteiger partial charge is 0.244 e. The molecule has 5 nitrogen and oxygen atoms in total. The van der Waals surface area contributed by atoms with E-state index in [9.17, 15) is 12.8 Å². The first-order chi connectivity index (χ1) is 12.9. The zero-order valence-electron chi connectivity index (χ0n) is 14.9. The van der Waals surface area contributed by atoms with Gasteiger partial charge in [0.15, 0.2) is 0 Å². The fraction of sp³-hybridized carbons (Fsp3) is 0.368. The Labute approximate surface area is 162 Å². The predicted octanol–water partition coefficient (Wildman–Crippen LogP) is 3.28. The van der Waals surface area contributed by atoms with Gasteiger partial charge < -0.3 is 10.3 Å². The summed E-state index contributed by atoms with van der Waals surface area (Å²) in [6, 6.07) is 4.58. The predicted molar refractivity (Wildman–Crippen MR) is 106 cm³/mol. The van der Waals surface area contributed by atoms with Crippen LogP contribution in [0.4, 0.5) is 4.39 Å². The van der Waals surface area contributed by atoms with Crippen molar-refractivity contribution in [2.45, 2.75) is 12.8 Å². The SMILES string of the molecule is CC1C=C(Cl)C(S(=O)(=O)N2CCNCC2)=CC1c1c[nH]c2cc(F)ccc12. The molecule has 1 aliphatic carbocycles. The largest absolute Gasteiger partial charge is 0.361 e. The zero-order chi connectivity index (χ0) is 19.2. The third-order valence-electron chi connectivity index (χ3n) is 5.27. The fourth-order valence-electron chi connectivity index (χ4n) is 3.81. The normalized spacial score (nSPS) is 24.7. The van der Waals surface area contributed by atoms with Crippen LogP contribution in [0, 0.1) is 11.7 Å². The molecular formula is C19H21ClFN3O2S. The molecule has 1 aromatic heterocycles. The summed E-state index contributed by atoms with van der Waals surface area (Å²) < 4.78 is 41.2. The van der Waals surface area contributed by atoms with E-state index in [4.69, 9.17) is 11.6 Å². The number of hydrogen-bond donors (Lipinski definition) is 2. The lowest BCUT2D eigenvalue weighted by atomic mass is 9.84. The average Bonchev–Trinajstić information content (AvgIpc) is 3.05. The van der Waals surface area contributed by atoms with Gasteiger partial charge in [0, 0.05) is 49.2 Å². The van der Waals surface area contributed by atoms with Gasteiger partial charge in [0.2, 0.25) is 10.0 Å². The maximum atomic E-state index is 13.5. The van der Waals surface area contributed by atoms with E-state index in [-0.39, 0.29) is 27.6 Å². The number of rotatable bonds is 3. The fourth-order valence-corrected chi connectivity index (χ4v) is 5.94. The Bertz CT molecular complexity index is 1040. The Balaban J connectivity index is 1.77. The molecule has 0 amide bonds. The van der Waals surface area contributed by atoms with Gasteiger partial charge in [-0.2, -0.15) is 4.31 Å². The molecule has 2 heterocycles. The standard InChI is InChI=1S/C19H21ClFN3O2S/c1-12-8-17(20)19(27(25,26)24-6-4-22-5-7-24)10-15(12)16-11-23-18-9-13(21)2-3-14(16)18/h2-3,8-12,15,22-23H,4-7H2,1H3. The number of benzene rings is 1. The number of allylic oxidation sites excluding steroid dienone is 3. The van der Waals surface area contributed by atoms with E-state index in [1.54, 1.807) is 18.2 Å². The van der Waals surface area contributed by atoms with Crippen molar-refractivity contribution in [3.05, 3.63) is 57.9 Å². The molecule has 2 aromatic rings. The first-order valence-electron chi connectivity index (χ1n) is 8.95. The minimum Gasteiger partial charge on any atom is -0.361 e. The van der Waals surface area contributed by atoms with Crippen LogP contribution in [0.5, 0.6) is 0 Å². The number of fused-ring (bicyclic) bond motifs is 1. The summed E-state index contributed by atoms with van der Waals surface area (Å²) in [5, 5.41) is 4.31. The van der Waals surface area contributed by atoms with Crippen LogP contribution in [0.2, 0.25) is 0 Å². The van der Waals surface area contributed by atoms with Crippen LogP contribution < -0.4 is 5.32 Å². The summed E-state index contributed by atoms with van der Waals surface area (Å²) in [5.74, 6) is -0.462. The molecule has 2 aliphatic rings. The van der Waals surface area contributed by atoms with Gasteiger partial charge in [-0.1, -0.05) is 30.7 Å². The molecule has 1 saturated heterocycles. The molecule has 8 heteroatoms. The van der Waals surface area contributed by atoms with Gasteiger partial charge in [-0.05, 0) is 29.7 Å². The summed E-state index contributed by atoms with van der Waals surface area (Å²) in [6.45, 7) is 4.11. The van der Waals surface area contributed by atoms with Gasteiger partial charge in [-0.3, -0.25) is 0 Å². The van der Waals surface area contributed by atoms with E-state index in [0.29, 0.717) is 31.7 Å². The van der Waals surface area contributed by atoms with Crippen molar-refractivity contribution in [3.63, 3.8) is 0 Å². The monoisotopic (exact) mass is 409 g/mol. The molecule has 27 heavy (non-hydrogen) atoms. The van der Waals surface area contributed by atoms with Gasteiger partial charge in [0.25, 0.3) is 0 Å². The number of sulfonamides is 1. The molecule has 2 atom stereocenters. The first-order valence-corrected chi connectivity index (χ1v) is 10.8. The van der Waals surface area contributed by atoms with E-state index >= 15 is 0 Å². The Kier molecular flexibility index (Phi) is 4.88. The highest BCUT2D eigenvalue weighted by Crippen LogP contribution is 2.41. The molecule has 0 saturated carbocycles. The topological polar surface area (TPSA) is 65.2 Å². The number of piperazine rings is 1. The van der Waals surface area contributed by atoms with Crippen LogP contribution in [-0.2, 0) is 10.0 Å². The quantitative estimate of drug-likeness (QED) is 0.817. The van der Waals surface area contributed by atoms with E-state index in [2.05, 4.69) is 10.3 Å². The van der Waals surface area contributed by atoms with Gasteiger partial charge in [-0.25, -0.2) is 12.8 Å². The van der Waals surface area contributed by atoms with Crippen molar-refractivity contribution < 1.29 is 12.8 Å². The molecule has 4 rings (SSSR count). The van der Waals surface area contributed by atoms with Crippen molar-refractivity contribution >= 4 is 32.5 Å². The lowest BCUT2D eigenvalue weighted by Crippen LogP contribution is -2.46. The van der Waals surface area contributed by atoms with Crippen molar-refractivity contribution in [1.29, 1.82) is 0 Å². The second-order valence-corrected chi connectivity index (χ2v) is 9.33. The third kappa shape index (κ3) is 3.33. The van der Waals surface area contributed by atoms with Crippen molar-refractivity contribution in [2.24, 2.45) is 5.92 Å². The maximum absolute atomic E-state index is 13.5. The zero-order valence-corrected chi connectivity index (χ0v) is 16.4. The molecule has 1 aliphatic heterocycles. The summed E-state index contributed by atoms with van der Waals surface area (Å²) in [4.78, 5) is 3.24. The second kappa shape index (κ2) is 7.05. The lowest BCUT2D eigenvalue weighted by Gasteiger charge is -2.30. The van der Waals surface area contributed by atoms with Crippen LogP contribution in [0.1, 0.15) is 18.4 Å². The summed E-state index contributed by atoms with van der Waals surface area (Å²) in [5.41, 5.74) is 1.63. The van der Waals surface area contributed by atoms with Crippen molar-refractivity contribution in [3.8, 4) is 0 Å². The van der Waals surface area contributed by atoms with Crippen molar-refractivity contribution in [2.75, 3.05) is 26.2 Å². The number of hydrogen-bond acceptors (Lipinski definition) is 3. The van der Waals surface area contributed by atoms with Crippen LogP contribution in [0.3, 0.4) is 0 Å². The van der Waals surface area contributed by atoms with Gasteiger partial charge in [-0.15, -0.1) is 0 Å². The third-order valence-corrected chi connectivity index (χ3v) is 7.67. The highest BCUT2D eigenvalue weighted by Gasteiger charge is 2.34. The van der Waals surface area contributed by atoms with Gasteiger partial charge in [0.05, 0.1) is 9.94 Å². The van der Waals surface area contributed by atoms with E-state index in [1.165, 1.54) is 16.4 Å². The van der Waals surface area contributed by atoms with E-state index < -0.39 is 10.0 Å². The molecule has 1 fully saturated rings. The Morgan fingerprint density at radius 3 is 2.70 bits per heavy atom. The highest BCUT2D eigenvalue weighted by atomic mass is 35.5. The summed E-state index contributed by atoms with van der Waals surface area (Å²) in [7, 11) is -3.66. The minimum atomic E-state index is -3.66. The van der Waals surface area contributed by atoms with Gasteiger partial charge >= 0.3 is 0 Å². The molecule has 2 N–H and O–H groups in total. The molecular weight excluding hydrogens is 389 g/mol. The number of halogens is 2. The summed E-state index contributed by atoms with van der Waals surface area (Å²) >= 11 is 6.36. The summed E-state index contributed by atoms with van der Waals surface area (Å²) in [6.07, 6.45) is 5.36. The molecule has 144 valence electrons. The number of aromatic nitrogens is 1. The maximum Gasteiger partial charge on any atom is 0.244 e. The Hall–Kier alpha value is -1.67. The van der Waals surface area contributed by atoms with Crippen molar-refractivity contribution in [1.82, 2.24) is 14.6 Å². The molecule has 0 spiro atoms. The molecule has 1 aromatic carbocycles. The Morgan fingerprint density at radius 2 is 1.96 bits per heavy atom. The minimum absolute atomic E-state index is 0.0172. The van der Waals surface area contributed by atoms with E-state index in [0.717, 1.165) is 10.9 Å². The Morgan fingerprint density at radius 1 is 1.22 bits per heavy atom. The molecule has 2 unspecified atom stereocenters. The van der Waals surface area contributed by atoms with E-state index in [1.807, 2.05) is 13.1 Å². The average molecular weight is 410 g/mol. The number of nitrogens with one attached hydrogen (secondary N) is 2. The second-order valence-electron chi connectivity index (χ2n) is 7.02. The highest BCUT2D eigenvalue weighted by molar-refractivity contribution is 7.93. The number of nitrogens with zero attached hydrogens (tertiary/aromatic N) is 1. The lowest BCUT2D eigenvalue weighted by molar-refractivity contribution is 0.363. The van der Waals surface area contributed by atoms with Crippen LogP contribution in [-0.4, -0.2) is 43.9 Å². The van der Waals surface area contributed by atoms with Gasteiger partial charge in [0.1, 0.15) is 5.82 Å². The number of H-pyrrole nitrogens is 1. The van der Waals surface area contributed by atoms with Crippen LogP contribution >= 0.6 is 11.6 Å². The number of aromatic amines is 1. The molecule has 0 bridgehead atoms. The van der Waals surface area contributed by atoms with Crippen LogP contribution in [0.25, 0.3) is 10.9 Å². The molecule has 0 radical (unpaired) electrons. The first kappa shape index (κ1) is 18.7. The van der Waals surface area contributed by atoms with Crippen LogP contribution in [0.15, 0.2) is 46.5 Å².